The average Bonchev–Trinajstić information content (AvgIpc) is 3.27. The fourth-order valence-corrected chi connectivity index (χ4v) is 10.2. The van der Waals surface area contributed by atoms with Gasteiger partial charge in [0.25, 0.3) is 0 Å². The van der Waals surface area contributed by atoms with Crippen LogP contribution < -0.4 is 0 Å². The molecular formula is C36H60MoO12P6S12-6. The average molecular weight is 1350 g/mol. The van der Waals surface area contributed by atoms with Crippen molar-refractivity contribution in [1.82, 2.24) is 0 Å². The Kier molecular flexibility index (Phi) is 71.3. The Labute approximate surface area is 479 Å². The van der Waals surface area contributed by atoms with E-state index in [0.29, 0.717) is 79.3 Å². The minimum absolute atomic E-state index is 0. The van der Waals surface area contributed by atoms with Crippen LogP contribution in [0.4, 0.5) is 0 Å². The summed E-state index contributed by atoms with van der Waals surface area (Å²) in [6, 6.07) is 0. The summed E-state index contributed by atoms with van der Waals surface area (Å²) in [5, 5.41) is 0. The molecule has 0 atom stereocenters. The van der Waals surface area contributed by atoms with Crippen molar-refractivity contribution < 1.29 is 75.4 Å². The molecule has 0 aromatic rings. The first-order chi connectivity index (χ1) is 30.7. The van der Waals surface area contributed by atoms with Crippen LogP contribution in [0.3, 0.4) is 0 Å². The van der Waals surface area contributed by atoms with Crippen LogP contribution in [0.2, 0.25) is 0 Å². The Morgan fingerprint density at radius 1 is 0.224 bits per heavy atom. The van der Waals surface area contributed by atoms with Crippen LogP contribution in [0.5, 0.6) is 0 Å². The van der Waals surface area contributed by atoms with E-state index in [0.717, 1.165) is 0 Å². The van der Waals surface area contributed by atoms with Gasteiger partial charge in [0.15, 0.2) is 0 Å². The third-order valence-corrected chi connectivity index (χ3v) is 17.4. The van der Waals surface area contributed by atoms with Crippen molar-refractivity contribution >= 4 is 178 Å². The molecular weight excluding hydrogens is 1290 g/mol. The van der Waals surface area contributed by atoms with Crippen LogP contribution in [0.25, 0.3) is 0 Å². The van der Waals surface area contributed by atoms with E-state index in [-0.39, 0.29) is 21.1 Å². The third kappa shape index (κ3) is 78.1. The molecule has 0 aromatic carbocycles. The zero-order valence-electron chi connectivity index (χ0n) is 36.8. The maximum atomic E-state index is 5.03. The van der Waals surface area contributed by atoms with Gasteiger partial charge in [0, 0.05) is 21.1 Å². The van der Waals surface area contributed by atoms with Crippen molar-refractivity contribution in [3.05, 3.63) is 152 Å². The molecule has 0 saturated carbocycles. The van der Waals surface area contributed by atoms with Crippen LogP contribution in [0, 0.1) is 0 Å². The molecule has 0 spiro atoms. The molecule has 0 heterocycles. The van der Waals surface area contributed by atoms with Crippen LogP contribution in [0.1, 0.15) is 0 Å². The molecule has 0 aliphatic heterocycles. The van der Waals surface area contributed by atoms with Crippen molar-refractivity contribution in [2.24, 2.45) is 0 Å². The van der Waals surface area contributed by atoms with Gasteiger partial charge in [-0.15, -0.1) is 78.9 Å². The van der Waals surface area contributed by atoms with Crippen LogP contribution >= 0.6 is 34.2 Å². The molecule has 0 radical (unpaired) electrons. The van der Waals surface area contributed by atoms with Gasteiger partial charge in [-0.1, -0.05) is 144 Å². The van der Waals surface area contributed by atoms with E-state index in [2.05, 4.69) is 78.9 Å². The molecule has 31 heteroatoms. The maximum Gasteiger partial charge on any atom is 0.0701 e. The maximum absolute atomic E-state index is 5.03. The molecule has 0 aliphatic rings. The van der Waals surface area contributed by atoms with Crippen molar-refractivity contribution in [3.63, 3.8) is 0 Å². The second-order valence-electron chi connectivity index (χ2n) is 9.70. The van der Waals surface area contributed by atoms with Crippen LogP contribution in [0.15, 0.2) is 152 Å². The Balaban J connectivity index is -0.000000129. The van der Waals surface area contributed by atoms with E-state index in [1.165, 1.54) is 0 Å². The Hall–Kier alpha value is 3.09. The van der Waals surface area contributed by atoms with Crippen molar-refractivity contribution in [2.75, 3.05) is 79.3 Å². The Morgan fingerprint density at radius 2 is 0.284 bits per heavy atom. The van der Waals surface area contributed by atoms with Gasteiger partial charge < -0.3 is 128 Å². The summed E-state index contributed by atoms with van der Waals surface area (Å²) in [5.41, 5.74) is -14.7. The predicted molar refractivity (Wildman–Crippen MR) is 324 cm³/mol. The number of hydrogen-bond donors (Lipinski definition) is 0. The minimum atomic E-state index is -2.45. The summed E-state index contributed by atoms with van der Waals surface area (Å²) in [5.74, 6) is 0. The van der Waals surface area contributed by atoms with Gasteiger partial charge in [-0.25, -0.2) is 0 Å². The fourth-order valence-electron chi connectivity index (χ4n) is 1.95. The second kappa shape index (κ2) is 56.8. The van der Waals surface area contributed by atoms with Gasteiger partial charge in [-0.05, 0) is 0 Å². The fraction of sp³-hybridized carbons (Fsp3) is 0.333. The van der Waals surface area contributed by atoms with Crippen molar-refractivity contribution in [1.29, 1.82) is 0 Å². The Morgan fingerprint density at radius 3 is 0.328 bits per heavy atom. The van der Waals surface area contributed by atoms with E-state index in [1.807, 2.05) is 0 Å². The normalized spacial score (nSPS) is 10.8. The number of hydrogen-bond acceptors (Lipinski definition) is 24. The smallest absolute Gasteiger partial charge is 0.0701 e. The third-order valence-electron chi connectivity index (χ3n) is 4.21. The summed E-state index contributed by atoms with van der Waals surface area (Å²) in [4.78, 5) is 0. The molecule has 0 amide bonds. The van der Waals surface area contributed by atoms with Crippen molar-refractivity contribution in [3.8, 4) is 0 Å². The van der Waals surface area contributed by atoms with Gasteiger partial charge in [-0.3, -0.25) is 0 Å². The summed E-state index contributed by atoms with van der Waals surface area (Å²) in [7, 11) is 0. The minimum Gasteiger partial charge on any atom is -0.691 e. The summed E-state index contributed by atoms with van der Waals surface area (Å²) < 4.78 is 60.4. The summed E-state index contributed by atoms with van der Waals surface area (Å²) >= 11 is 58.3. The zero-order valence-corrected chi connectivity index (χ0v) is 54.0. The molecule has 67 heavy (non-hydrogen) atoms. The molecule has 0 rings (SSSR count). The Bertz CT molecular complexity index is 1310. The predicted octanol–water partition coefficient (Wildman–Crippen LogP) is 13.0. The molecule has 0 fully saturated rings. The first-order valence-electron chi connectivity index (χ1n) is 17.6. The first kappa shape index (κ1) is 84.1. The molecule has 0 saturated heterocycles. The first-order valence-corrected chi connectivity index (χ1v) is 39.6. The molecule has 0 aromatic heterocycles. The summed E-state index contributed by atoms with van der Waals surface area (Å²) in [6.45, 7) is 45.8. The van der Waals surface area contributed by atoms with Crippen molar-refractivity contribution in [2.45, 2.75) is 0 Å². The topological polar surface area (TPSA) is 111 Å². The zero-order chi connectivity index (χ0) is 52.5. The largest absolute Gasteiger partial charge is 0.691 e. The van der Waals surface area contributed by atoms with Crippen LogP contribution in [-0.2, 0) is 220 Å². The molecule has 0 bridgehead atoms. The van der Waals surface area contributed by atoms with E-state index in [9.17, 15) is 0 Å². The van der Waals surface area contributed by atoms with Gasteiger partial charge >= 0.3 is 0 Å². The quantitative estimate of drug-likeness (QED) is 0.0256. The van der Waals surface area contributed by atoms with Gasteiger partial charge in [-0.2, -0.15) is 0 Å². The number of rotatable bonds is 36. The van der Waals surface area contributed by atoms with E-state index < -0.39 is 34.2 Å². The van der Waals surface area contributed by atoms with Crippen LogP contribution in [-0.4, -0.2) is 79.3 Å². The van der Waals surface area contributed by atoms with E-state index in [1.54, 1.807) is 72.9 Å². The van der Waals surface area contributed by atoms with Gasteiger partial charge in [0.1, 0.15) is 0 Å². The van der Waals surface area contributed by atoms with E-state index in [4.69, 9.17) is 199 Å². The van der Waals surface area contributed by atoms with E-state index >= 15 is 0 Å². The molecule has 0 unspecified atom stereocenters. The monoisotopic (exact) mass is 1350 g/mol. The molecule has 0 aliphatic carbocycles. The molecule has 0 N–H and O–H groups in total. The SMILES string of the molecule is C=CCOP(=S)([S-])OCC=C.C=CCOP(=S)([S-])OCC=C.C=CCOP(=S)([S-])OCC=C.C=CCOP(=S)([S-])OCC=C.C=CCOP(=S)([S-])OCC=C.C=CCOP(=S)([S-])OCC=C.[Mo]. The van der Waals surface area contributed by atoms with Gasteiger partial charge in [0.2, 0.25) is 0 Å². The standard InChI is InChI=1S/6C6H11O2PS2.Mo/c6*1-3-5-7-9(10,11)8-6-4-2;/h6*3-4H,1-2,5-6H2,(H,10,11);/p-6. The second-order valence-corrected chi connectivity index (χ2v) is 39.6. The summed E-state index contributed by atoms with van der Waals surface area (Å²) in [6.07, 6.45) is 19.1. The van der Waals surface area contributed by atoms with Gasteiger partial charge in [0.05, 0.1) is 113 Å². The molecule has 12 nitrogen and oxygen atoms in total. The molecule has 390 valence electrons.